The zero-order valence-electron chi connectivity index (χ0n) is 11.0. The molecule has 0 fully saturated rings. The highest BCUT2D eigenvalue weighted by molar-refractivity contribution is 7.89. The van der Waals surface area contributed by atoms with Crippen LogP contribution >= 0.6 is 0 Å². The molecular weight excluding hydrogens is 280 g/mol. The number of aliphatic hydroxyl groups excluding tert-OH is 1. The fraction of sp³-hybridized carbons (Fsp3) is 0.308. The molecule has 2 rings (SSSR count). The molecule has 7 heteroatoms. The van der Waals surface area contributed by atoms with Gasteiger partial charge in [-0.2, -0.15) is 0 Å². The average Bonchev–Trinajstić information content (AvgIpc) is 2.98. The van der Waals surface area contributed by atoms with Crippen molar-refractivity contribution in [1.82, 2.24) is 9.88 Å². The van der Waals surface area contributed by atoms with Gasteiger partial charge in [0.25, 0.3) is 0 Å². The molecule has 0 radical (unpaired) electrons. The van der Waals surface area contributed by atoms with Crippen molar-refractivity contribution in [1.29, 1.82) is 0 Å². The third-order valence-corrected chi connectivity index (χ3v) is 4.40. The van der Waals surface area contributed by atoms with Gasteiger partial charge in [0.15, 0.2) is 0 Å². The molecule has 0 bridgehead atoms. The summed E-state index contributed by atoms with van der Waals surface area (Å²) in [6, 6.07) is 6.52. The van der Waals surface area contributed by atoms with Gasteiger partial charge in [0.1, 0.15) is 6.26 Å². The maximum Gasteiger partial charge on any atom is 0.241 e. The lowest BCUT2D eigenvalue weighted by molar-refractivity contribution is 0.281. The quantitative estimate of drug-likeness (QED) is 0.836. The molecule has 20 heavy (non-hydrogen) atoms. The summed E-state index contributed by atoms with van der Waals surface area (Å²) < 4.78 is 31.8. The van der Waals surface area contributed by atoms with Crippen LogP contribution in [0.25, 0.3) is 0 Å². The predicted molar refractivity (Wildman–Crippen MR) is 72.3 cm³/mol. The SMILES string of the molecule is CCc1ccc(CO)cc1S(=O)(=O)NCc1ccon1. The van der Waals surface area contributed by atoms with E-state index in [4.69, 9.17) is 5.11 Å². The van der Waals surface area contributed by atoms with Gasteiger partial charge in [-0.05, 0) is 23.6 Å². The monoisotopic (exact) mass is 296 g/mol. The normalized spacial score (nSPS) is 11.7. The van der Waals surface area contributed by atoms with Crippen molar-refractivity contribution in [3.05, 3.63) is 47.3 Å². The Morgan fingerprint density at radius 1 is 1.35 bits per heavy atom. The van der Waals surface area contributed by atoms with Gasteiger partial charge in [0.2, 0.25) is 10.0 Å². The van der Waals surface area contributed by atoms with Crippen LogP contribution in [-0.2, 0) is 29.6 Å². The van der Waals surface area contributed by atoms with Crippen molar-refractivity contribution in [3.8, 4) is 0 Å². The van der Waals surface area contributed by atoms with Gasteiger partial charge in [-0.25, -0.2) is 13.1 Å². The number of hydrogen-bond donors (Lipinski definition) is 2. The van der Waals surface area contributed by atoms with Crippen LogP contribution in [0.2, 0.25) is 0 Å². The molecule has 0 aliphatic heterocycles. The van der Waals surface area contributed by atoms with Crippen molar-refractivity contribution in [2.45, 2.75) is 31.4 Å². The Labute approximate surface area is 117 Å². The molecule has 1 aromatic heterocycles. The fourth-order valence-corrected chi connectivity index (χ4v) is 3.17. The summed E-state index contributed by atoms with van der Waals surface area (Å²) in [6.07, 6.45) is 1.97. The molecule has 0 spiro atoms. The number of benzene rings is 1. The van der Waals surface area contributed by atoms with Crippen molar-refractivity contribution in [2.24, 2.45) is 0 Å². The van der Waals surface area contributed by atoms with E-state index >= 15 is 0 Å². The number of aliphatic hydroxyl groups is 1. The Balaban J connectivity index is 2.28. The third-order valence-electron chi connectivity index (χ3n) is 2.92. The van der Waals surface area contributed by atoms with E-state index in [0.29, 0.717) is 23.2 Å². The van der Waals surface area contributed by atoms with E-state index in [2.05, 4.69) is 14.4 Å². The summed E-state index contributed by atoms with van der Waals surface area (Å²) >= 11 is 0. The zero-order chi connectivity index (χ0) is 14.6. The Morgan fingerprint density at radius 3 is 2.75 bits per heavy atom. The molecule has 2 N–H and O–H groups in total. The first-order valence-corrected chi connectivity index (χ1v) is 7.66. The molecule has 1 aromatic carbocycles. The topological polar surface area (TPSA) is 92.4 Å². The Hall–Kier alpha value is -1.70. The second kappa shape index (κ2) is 6.17. The number of nitrogens with zero attached hydrogens (tertiary/aromatic N) is 1. The molecule has 108 valence electrons. The lowest BCUT2D eigenvalue weighted by Gasteiger charge is -2.11. The van der Waals surface area contributed by atoms with E-state index in [-0.39, 0.29) is 18.0 Å². The summed E-state index contributed by atoms with van der Waals surface area (Å²) in [7, 11) is -3.65. The minimum Gasteiger partial charge on any atom is -0.392 e. The van der Waals surface area contributed by atoms with Gasteiger partial charge in [-0.1, -0.05) is 24.2 Å². The first kappa shape index (κ1) is 14.7. The maximum atomic E-state index is 12.3. The third kappa shape index (κ3) is 3.24. The first-order valence-electron chi connectivity index (χ1n) is 6.18. The molecule has 0 aliphatic carbocycles. The molecule has 0 atom stereocenters. The van der Waals surface area contributed by atoms with Gasteiger partial charge < -0.3 is 9.63 Å². The van der Waals surface area contributed by atoms with Crippen LogP contribution in [0.15, 0.2) is 39.9 Å². The molecule has 1 heterocycles. The zero-order valence-corrected chi connectivity index (χ0v) is 11.9. The Kier molecular flexibility index (Phi) is 4.53. The molecule has 0 saturated carbocycles. The van der Waals surface area contributed by atoms with Gasteiger partial charge in [0.05, 0.1) is 23.7 Å². The van der Waals surface area contributed by atoms with Crippen LogP contribution in [0.5, 0.6) is 0 Å². The van der Waals surface area contributed by atoms with Crippen molar-refractivity contribution in [3.63, 3.8) is 0 Å². The van der Waals surface area contributed by atoms with Crippen LogP contribution in [0.1, 0.15) is 23.7 Å². The predicted octanol–water partition coefficient (Wildman–Crippen LogP) is 1.21. The van der Waals surface area contributed by atoms with E-state index in [9.17, 15) is 8.42 Å². The van der Waals surface area contributed by atoms with Gasteiger partial charge in [-0.15, -0.1) is 0 Å². The standard InChI is InChI=1S/C13H16N2O4S/c1-2-11-4-3-10(9-16)7-13(11)20(17,18)14-8-12-5-6-19-15-12/h3-7,14,16H,2,8-9H2,1H3. The van der Waals surface area contributed by atoms with Gasteiger partial charge >= 0.3 is 0 Å². The number of sulfonamides is 1. The summed E-state index contributed by atoms with van der Waals surface area (Å²) in [4.78, 5) is 0.190. The number of hydrogen-bond acceptors (Lipinski definition) is 5. The summed E-state index contributed by atoms with van der Waals surface area (Å²) in [5.74, 6) is 0. The molecular formula is C13H16N2O4S. The Morgan fingerprint density at radius 2 is 2.15 bits per heavy atom. The molecule has 0 unspecified atom stereocenters. The first-order chi connectivity index (χ1) is 9.56. The highest BCUT2D eigenvalue weighted by Gasteiger charge is 2.18. The highest BCUT2D eigenvalue weighted by atomic mass is 32.2. The molecule has 6 nitrogen and oxygen atoms in total. The van der Waals surface area contributed by atoms with Gasteiger partial charge in [0, 0.05) is 6.07 Å². The van der Waals surface area contributed by atoms with E-state index in [1.807, 2.05) is 6.92 Å². The lowest BCUT2D eigenvalue weighted by atomic mass is 10.1. The second-order valence-electron chi connectivity index (χ2n) is 4.27. The summed E-state index contributed by atoms with van der Waals surface area (Å²) in [5.41, 5.74) is 1.77. The van der Waals surface area contributed by atoms with Crippen LogP contribution in [0.3, 0.4) is 0 Å². The van der Waals surface area contributed by atoms with Gasteiger partial charge in [-0.3, -0.25) is 0 Å². The van der Waals surface area contributed by atoms with Crippen LogP contribution in [0.4, 0.5) is 0 Å². The molecule has 2 aromatic rings. The van der Waals surface area contributed by atoms with Crippen molar-refractivity contribution >= 4 is 10.0 Å². The molecule has 0 aliphatic rings. The van der Waals surface area contributed by atoms with Crippen LogP contribution in [0, 0.1) is 0 Å². The van der Waals surface area contributed by atoms with Crippen LogP contribution in [-0.4, -0.2) is 18.7 Å². The summed E-state index contributed by atoms with van der Waals surface area (Å²) in [5, 5.41) is 12.8. The lowest BCUT2D eigenvalue weighted by Crippen LogP contribution is -2.24. The van der Waals surface area contributed by atoms with E-state index in [1.165, 1.54) is 12.3 Å². The smallest absolute Gasteiger partial charge is 0.241 e. The minimum atomic E-state index is -3.65. The second-order valence-corrected chi connectivity index (χ2v) is 6.00. The largest absolute Gasteiger partial charge is 0.392 e. The highest BCUT2D eigenvalue weighted by Crippen LogP contribution is 2.19. The Bertz CT molecular complexity index is 666. The number of aromatic nitrogens is 1. The minimum absolute atomic E-state index is 0.0609. The van der Waals surface area contributed by atoms with Crippen LogP contribution < -0.4 is 4.72 Å². The molecule has 0 amide bonds. The molecule has 0 saturated heterocycles. The van der Waals surface area contributed by atoms with E-state index in [1.54, 1.807) is 18.2 Å². The maximum absolute atomic E-state index is 12.3. The van der Waals surface area contributed by atoms with E-state index < -0.39 is 10.0 Å². The number of rotatable bonds is 6. The number of aryl methyl sites for hydroxylation is 1. The fourth-order valence-electron chi connectivity index (χ4n) is 1.81. The number of nitrogens with one attached hydrogen (secondary N) is 1. The average molecular weight is 296 g/mol. The van der Waals surface area contributed by atoms with E-state index in [0.717, 1.165) is 0 Å². The summed E-state index contributed by atoms with van der Waals surface area (Å²) in [6.45, 7) is 1.74. The van der Waals surface area contributed by atoms with Crippen molar-refractivity contribution in [2.75, 3.05) is 0 Å². The van der Waals surface area contributed by atoms with Crippen molar-refractivity contribution < 1.29 is 18.0 Å².